The van der Waals surface area contributed by atoms with E-state index in [1.54, 1.807) is 6.07 Å². The molecular formula is C14H22N2O3. The van der Waals surface area contributed by atoms with Gasteiger partial charge in [0, 0.05) is 19.1 Å². The Morgan fingerprint density at radius 1 is 1.47 bits per heavy atom. The van der Waals surface area contributed by atoms with Crippen LogP contribution >= 0.6 is 0 Å². The number of carbonyl (C=O) groups is 1. The van der Waals surface area contributed by atoms with Crippen molar-refractivity contribution in [2.75, 3.05) is 27.2 Å². The molecule has 0 aliphatic heterocycles. The molecule has 0 aromatic heterocycles. The van der Waals surface area contributed by atoms with Crippen LogP contribution in [0.2, 0.25) is 0 Å². The van der Waals surface area contributed by atoms with Crippen molar-refractivity contribution in [1.29, 1.82) is 0 Å². The number of aromatic hydroxyl groups is 1. The van der Waals surface area contributed by atoms with Crippen LogP contribution in [-0.2, 0) is 0 Å². The highest BCUT2D eigenvalue weighted by Gasteiger charge is 2.12. The van der Waals surface area contributed by atoms with E-state index < -0.39 is 0 Å². The Morgan fingerprint density at radius 3 is 2.74 bits per heavy atom. The van der Waals surface area contributed by atoms with E-state index in [9.17, 15) is 9.90 Å². The normalized spacial score (nSPS) is 10.8. The number of phenolic OH excluding ortho intramolecular Hbond substituents is 1. The van der Waals surface area contributed by atoms with Crippen LogP contribution in [0.3, 0.4) is 0 Å². The Morgan fingerprint density at radius 2 is 2.16 bits per heavy atom. The van der Waals surface area contributed by atoms with Gasteiger partial charge in [-0.1, -0.05) is 0 Å². The highest BCUT2D eigenvalue weighted by molar-refractivity contribution is 5.97. The van der Waals surface area contributed by atoms with Crippen LogP contribution in [0.4, 0.5) is 0 Å². The Labute approximate surface area is 114 Å². The minimum Gasteiger partial charge on any atom is -0.507 e. The molecule has 0 unspecified atom stereocenters. The summed E-state index contributed by atoms with van der Waals surface area (Å²) in [5.41, 5.74) is 0.228. The van der Waals surface area contributed by atoms with Crippen LogP contribution in [0, 0.1) is 0 Å². The van der Waals surface area contributed by atoms with E-state index in [0.717, 1.165) is 6.54 Å². The minimum absolute atomic E-state index is 0.0458. The molecule has 1 aromatic rings. The lowest BCUT2D eigenvalue weighted by molar-refractivity contribution is 0.0945. The van der Waals surface area contributed by atoms with E-state index in [4.69, 9.17) is 4.74 Å². The number of phenols is 1. The van der Waals surface area contributed by atoms with Gasteiger partial charge in [0.25, 0.3) is 5.91 Å². The number of methoxy groups -OCH3 is 1. The molecule has 0 aliphatic carbocycles. The van der Waals surface area contributed by atoms with E-state index >= 15 is 0 Å². The number of amides is 1. The quantitative estimate of drug-likeness (QED) is 0.818. The van der Waals surface area contributed by atoms with Gasteiger partial charge in [-0.25, -0.2) is 0 Å². The maximum atomic E-state index is 11.9. The number of ether oxygens (including phenoxy) is 1. The molecule has 0 aliphatic rings. The molecule has 0 saturated carbocycles. The van der Waals surface area contributed by atoms with Gasteiger partial charge in [-0.2, -0.15) is 0 Å². The zero-order chi connectivity index (χ0) is 14.4. The summed E-state index contributed by atoms with van der Waals surface area (Å²) in [7, 11) is 3.52. The molecule has 1 amide bonds. The number of hydrogen-bond donors (Lipinski definition) is 2. The molecule has 0 fully saturated rings. The second-order valence-electron chi connectivity index (χ2n) is 4.71. The van der Waals surface area contributed by atoms with Gasteiger partial charge in [-0.05, 0) is 39.1 Å². The standard InChI is InChI=1S/C14H22N2O3/c1-10(2)16(3)8-7-15-14(18)12-9-11(19-4)5-6-13(12)17/h5-6,9-10,17H,7-8H2,1-4H3,(H,15,18). The van der Waals surface area contributed by atoms with Crippen molar-refractivity contribution in [2.24, 2.45) is 0 Å². The predicted molar refractivity (Wildman–Crippen MR) is 74.8 cm³/mol. The van der Waals surface area contributed by atoms with Crippen LogP contribution in [0.1, 0.15) is 24.2 Å². The van der Waals surface area contributed by atoms with Crippen molar-refractivity contribution in [3.8, 4) is 11.5 Å². The maximum absolute atomic E-state index is 11.9. The third-order valence-electron chi connectivity index (χ3n) is 3.08. The molecule has 106 valence electrons. The van der Waals surface area contributed by atoms with Gasteiger partial charge >= 0.3 is 0 Å². The molecule has 5 nitrogen and oxygen atoms in total. The van der Waals surface area contributed by atoms with Crippen LogP contribution in [0.15, 0.2) is 18.2 Å². The number of hydrogen-bond acceptors (Lipinski definition) is 4. The first-order valence-corrected chi connectivity index (χ1v) is 6.31. The van der Waals surface area contributed by atoms with Crippen LogP contribution in [0.25, 0.3) is 0 Å². The molecule has 1 aromatic carbocycles. The molecule has 0 heterocycles. The summed E-state index contributed by atoms with van der Waals surface area (Å²) in [4.78, 5) is 14.1. The highest BCUT2D eigenvalue weighted by Crippen LogP contribution is 2.22. The maximum Gasteiger partial charge on any atom is 0.255 e. The lowest BCUT2D eigenvalue weighted by atomic mass is 10.1. The van der Waals surface area contributed by atoms with Gasteiger partial charge in [-0.3, -0.25) is 4.79 Å². The second kappa shape index (κ2) is 6.99. The van der Waals surface area contributed by atoms with Crippen LogP contribution in [0.5, 0.6) is 11.5 Å². The first kappa shape index (κ1) is 15.3. The summed E-state index contributed by atoms with van der Waals surface area (Å²) in [5.74, 6) is 0.200. The van der Waals surface area contributed by atoms with Crippen molar-refractivity contribution < 1.29 is 14.6 Å². The van der Waals surface area contributed by atoms with E-state index in [1.165, 1.54) is 19.2 Å². The Kier molecular flexibility index (Phi) is 5.63. The van der Waals surface area contributed by atoms with Crippen LogP contribution < -0.4 is 10.1 Å². The molecule has 0 spiro atoms. The lowest BCUT2D eigenvalue weighted by Crippen LogP contribution is -2.36. The summed E-state index contributed by atoms with van der Waals surface area (Å²) >= 11 is 0. The lowest BCUT2D eigenvalue weighted by Gasteiger charge is -2.20. The molecule has 2 N–H and O–H groups in total. The molecule has 0 radical (unpaired) electrons. The summed E-state index contributed by atoms with van der Waals surface area (Å²) in [6.07, 6.45) is 0. The monoisotopic (exact) mass is 266 g/mol. The Balaban J connectivity index is 2.58. The first-order valence-electron chi connectivity index (χ1n) is 6.31. The van der Waals surface area contributed by atoms with E-state index in [2.05, 4.69) is 24.1 Å². The van der Waals surface area contributed by atoms with Gasteiger partial charge in [0.1, 0.15) is 11.5 Å². The van der Waals surface area contributed by atoms with Crippen molar-refractivity contribution in [1.82, 2.24) is 10.2 Å². The number of nitrogens with one attached hydrogen (secondary N) is 1. The van der Waals surface area contributed by atoms with Gasteiger partial charge in [-0.15, -0.1) is 0 Å². The zero-order valence-corrected chi connectivity index (χ0v) is 11.9. The predicted octanol–water partition coefficient (Wildman–Crippen LogP) is 1.47. The van der Waals surface area contributed by atoms with E-state index in [1.807, 2.05) is 7.05 Å². The summed E-state index contributed by atoms with van der Waals surface area (Å²) in [6, 6.07) is 5.02. The molecule has 0 atom stereocenters. The van der Waals surface area contributed by atoms with Crippen LogP contribution in [-0.4, -0.2) is 49.2 Å². The molecule has 0 bridgehead atoms. The average Bonchev–Trinajstić information content (AvgIpc) is 2.38. The summed E-state index contributed by atoms with van der Waals surface area (Å²) < 4.78 is 5.03. The first-order chi connectivity index (χ1) is 8.95. The van der Waals surface area contributed by atoms with E-state index in [-0.39, 0.29) is 17.2 Å². The van der Waals surface area contributed by atoms with Gasteiger partial charge in [0.2, 0.25) is 0 Å². The van der Waals surface area contributed by atoms with Crippen molar-refractivity contribution in [2.45, 2.75) is 19.9 Å². The summed E-state index contributed by atoms with van der Waals surface area (Å²) in [5, 5.41) is 12.5. The summed E-state index contributed by atoms with van der Waals surface area (Å²) in [6.45, 7) is 5.48. The molecular weight excluding hydrogens is 244 g/mol. The van der Waals surface area contributed by atoms with Gasteiger partial charge in [0.15, 0.2) is 0 Å². The van der Waals surface area contributed by atoms with Gasteiger partial charge < -0.3 is 20.1 Å². The SMILES string of the molecule is COc1ccc(O)c(C(=O)NCCN(C)C(C)C)c1. The number of benzene rings is 1. The van der Waals surface area contributed by atoms with Gasteiger partial charge in [0.05, 0.1) is 12.7 Å². The van der Waals surface area contributed by atoms with Crippen molar-refractivity contribution in [3.05, 3.63) is 23.8 Å². The van der Waals surface area contributed by atoms with Crippen molar-refractivity contribution in [3.63, 3.8) is 0 Å². The Bertz CT molecular complexity index is 433. The fourth-order valence-corrected chi connectivity index (χ4v) is 1.52. The zero-order valence-electron chi connectivity index (χ0n) is 11.9. The second-order valence-corrected chi connectivity index (χ2v) is 4.71. The molecule has 0 saturated heterocycles. The fraction of sp³-hybridized carbons (Fsp3) is 0.500. The Hall–Kier alpha value is -1.75. The number of nitrogens with zero attached hydrogens (tertiary/aromatic N) is 1. The number of likely N-dealkylation sites (N-methyl/N-ethyl adjacent to an activating group) is 1. The molecule has 19 heavy (non-hydrogen) atoms. The number of carbonyl (C=O) groups excluding carboxylic acids is 1. The van der Waals surface area contributed by atoms with E-state index in [0.29, 0.717) is 18.3 Å². The topological polar surface area (TPSA) is 61.8 Å². The fourth-order valence-electron chi connectivity index (χ4n) is 1.52. The third-order valence-corrected chi connectivity index (χ3v) is 3.08. The largest absolute Gasteiger partial charge is 0.507 e. The average molecular weight is 266 g/mol. The number of rotatable bonds is 6. The third kappa shape index (κ3) is 4.44. The van der Waals surface area contributed by atoms with Crippen molar-refractivity contribution >= 4 is 5.91 Å². The minimum atomic E-state index is -0.298. The molecule has 5 heteroatoms. The highest BCUT2D eigenvalue weighted by atomic mass is 16.5. The molecule has 1 rings (SSSR count). The smallest absolute Gasteiger partial charge is 0.255 e.